The van der Waals surface area contributed by atoms with Crippen molar-refractivity contribution < 1.29 is 24.6 Å². The van der Waals surface area contributed by atoms with Gasteiger partial charge in [-0.15, -0.1) is 0 Å². The van der Waals surface area contributed by atoms with Crippen molar-refractivity contribution in [3.8, 4) is 0 Å². The molecule has 2 rings (SSSR count). The molecule has 13 heteroatoms. The summed E-state index contributed by atoms with van der Waals surface area (Å²) in [5.74, 6) is 0.420. The Morgan fingerprint density at radius 2 is 2.10 bits per heavy atom. The quantitative estimate of drug-likeness (QED) is 0.0895. The number of carbonyl (C=O) groups is 1. The van der Waals surface area contributed by atoms with Gasteiger partial charge in [0.25, 0.3) is 0 Å². The third-order valence-electron chi connectivity index (χ3n) is 4.76. The van der Waals surface area contributed by atoms with Crippen molar-refractivity contribution in [2.24, 2.45) is 33.7 Å². The molecule has 13 nitrogen and oxygen atoms in total. The lowest BCUT2D eigenvalue weighted by molar-refractivity contribution is -0.201. The maximum atomic E-state index is 11.9. The minimum Gasteiger partial charge on any atom is -0.466 e. The number of hydrogen-bond acceptors (Lipinski definition) is 9. The van der Waals surface area contributed by atoms with E-state index < -0.39 is 42.7 Å². The summed E-state index contributed by atoms with van der Waals surface area (Å²) < 4.78 is 11.6. The molecule has 2 aliphatic rings. The van der Waals surface area contributed by atoms with Gasteiger partial charge in [0, 0.05) is 18.6 Å². The van der Waals surface area contributed by atoms with Crippen LogP contribution in [-0.2, 0) is 9.47 Å². The van der Waals surface area contributed by atoms with E-state index >= 15 is 0 Å². The summed E-state index contributed by atoms with van der Waals surface area (Å²) >= 11 is 0. The third-order valence-corrected chi connectivity index (χ3v) is 4.76. The van der Waals surface area contributed by atoms with Crippen LogP contribution in [0.4, 0.5) is 4.79 Å². The Morgan fingerprint density at radius 1 is 1.38 bits per heavy atom. The maximum Gasteiger partial charge on any atom is 0.341 e. The molecule has 1 saturated carbocycles. The summed E-state index contributed by atoms with van der Waals surface area (Å²) in [5, 5.41) is 23.2. The van der Waals surface area contributed by atoms with Gasteiger partial charge in [0.1, 0.15) is 17.9 Å². The van der Waals surface area contributed by atoms with Gasteiger partial charge in [-0.05, 0) is 25.3 Å². The smallest absolute Gasteiger partial charge is 0.341 e. The van der Waals surface area contributed by atoms with Crippen LogP contribution < -0.4 is 34.0 Å². The first-order chi connectivity index (χ1) is 13.7. The van der Waals surface area contributed by atoms with Gasteiger partial charge in [0.05, 0.1) is 19.2 Å². The van der Waals surface area contributed by atoms with Crippen molar-refractivity contribution in [3.05, 3.63) is 11.8 Å². The number of aliphatic hydroxyl groups is 1. The number of carbonyl (C=O) groups excluding carboxylic acids is 1. The van der Waals surface area contributed by atoms with Crippen molar-refractivity contribution in [1.29, 1.82) is 0 Å². The molecule has 166 valence electrons. The number of urea groups is 1. The second-order valence-electron chi connectivity index (χ2n) is 7.08. The molecule has 0 saturated heterocycles. The average Bonchev–Trinajstić information content (AvgIpc) is 2.65. The summed E-state index contributed by atoms with van der Waals surface area (Å²) in [6.07, 6.45) is 0.122. The SMILES string of the molecule is NCCN(O)C(=O)N[C@H]1C[C@@H](O)C(O[C@H]2OC(CN)=CC[C@H]2N=C(N)N)[C@@H](N)C1. The molecule has 0 spiro atoms. The van der Waals surface area contributed by atoms with Crippen LogP contribution in [0, 0.1) is 0 Å². The number of aliphatic imine (C=N–C) groups is 1. The summed E-state index contributed by atoms with van der Waals surface area (Å²) in [4.78, 5) is 16.0. The molecule has 6 atom stereocenters. The highest BCUT2D eigenvalue weighted by atomic mass is 16.7. The molecule has 1 fully saturated rings. The van der Waals surface area contributed by atoms with E-state index in [2.05, 4.69) is 10.3 Å². The lowest BCUT2D eigenvalue weighted by Gasteiger charge is -2.41. The van der Waals surface area contributed by atoms with E-state index in [0.717, 1.165) is 0 Å². The van der Waals surface area contributed by atoms with E-state index in [4.69, 9.17) is 38.1 Å². The Hall–Kier alpha value is -2.16. The normalized spacial score (nSPS) is 32.0. The zero-order valence-electron chi connectivity index (χ0n) is 16.2. The van der Waals surface area contributed by atoms with Crippen molar-refractivity contribution in [3.63, 3.8) is 0 Å². The number of ether oxygens (including phenoxy) is 2. The highest BCUT2D eigenvalue weighted by Gasteiger charge is 2.41. The Balaban J connectivity index is 2.00. The molecule has 2 amide bonds. The molecule has 29 heavy (non-hydrogen) atoms. The summed E-state index contributed by atoms with van der Waals surface area (Å²) in [6.45, 7) is 0.285. The molecule has 0 aromatic rings. The Bertz CT molecular complexity index is 602. The summed E-state index contributed by atoms with van der Waals surface area (Å²) in [5.41, 5.74) is 28.1. The first-order valence-corrected chi connectivity index (χ1v) is 9.45. The maximum absolute atomic E-state index is 11.9. The second-order valence-corrected chi connectivity index (χ2v) is 7.08. The van der Waals surface area contributed by atoms with Crippen LogP contribution in [0.25, 0.3) is 0 Å². The van der Waals surface area contributed by atoms with Crippen LogP contribution >= 0.6 is 0 Å². The lowest BCUT2D eigenvalue weighted by atomic mass is 9.86. The van der Waals surface area contributed by atoms with Gasteiger partial charge in [-0.25, -0.2) is 14.9 Å². The first kappa shape index (κ1) is 23.1. The fraction of sp³-hybridized carbons (Fsp3) is 0.750. The number of hydroxylamine groups is 2. The molecule has 1 aliphatic heterocycles. The molecule has 0 aromatic heterocycles. The molecule has 1 heterocycles. The molecular weight excluding hydrogens is 384 g/mol. The molecule has 0 bridgehead atoms. The van der Waals surface area contributed by atoms with Gasteiger partial charge in [0.2, 0.25) is 6.29 Å². The van der Waals surface area contributed by atoms with Crippen LogP contribution in [0.5, 0.6) is 0 Å². The zero-order valence-corrected chi connectivity index (χ0v) is 16.2. The number of rotatable bonds is 7. The monoisotopic (exact) mass is 416 g/mol. The Labute approximate surface area is 168 Å². The summed E-state index contributed by atoms with van der Waals surface area (Å²) in [7, 11) is 0. The van der Waals surface area contributed by atoms with Gasteiger partial charge in [-0.1, -0.05) is 0 Å². The minimum atomic E-state index is -0.985. The fourth-order valence-corrected chi connectivity index (χ4v) is 3.40. The number of nitrogens with zero attached hydrogens (tertiary/aromatic N) is 2. The van der Waals surface area contributed by atoms with Gasteiger partial charge in [-0.3, -0.25) is 5.21 Å². The topological polar surface area (TPSA) is 234 Å². The molecule has 1 aliphatic carbocycles. The van der Waals surface area contributed by atoms with E-state index in [0.29, 0.717) is 23.7 Å². The van der Waals surface area contributed by atoms with Crippen LogP contribution in [0.2, 0.25) is 0 Å². The Morgan fingerprint density at radius 3 is 2.69 bits per heavy atom. The number of guanidine groups is 1. The highest BCUT2D eigenvalue weighted by Crippen LogP contribution is 2.27. The predicted octanol–water partition coefficient (Wildman–Crippen LogP) is -3.19. The largest absolute Gasteiger partial charge is 0.466 e. The number of amides is 2. The zero-order chi connectivity index (χ0) is 21.6. The van der Waals surface area contributed by atoms with Crippen molar-refractivity contribution in [1.82, 2.24) is 10.4 Å². The fourth-order valence-electron chi connectivity index (χ4n) is 3.40. The van der Waals surface area contributed by atoms with Gasteiger partial charge >= 0.3 is 6.03 Å². The van der Waals surface area contributed by atoms with Crippen molar-refractivity contribution in [2.45, 2.75) is 55.9 Å². The standard InChI is InChI=1S/C16H32N8O5/c17-3-4-24(27)16(26)22-8-5-10(19)13(12(25)6-8)29-14-11(23-15(20)21)2-1-9(7-18)28-14/h1,8,10-14,25,27H,2-7,17-19H2,(H,22,26)(H4,20,21,23)/t8-,10+,11-,12-,13?,14-/m1/s1. The Kier molecular flexibility index (Phi) is 8.43. The third kappa shape index (κ3) is 6.42. The number of nitrogens with one attached hydrogen (secondary N) is 1. The molecular formula is C16H32N8O5. The van der Waals surface area contributed by atoms with E-state index in [-0.39, 0.29) is 32.0 Å². The van der Waals surface area contributed by atoms with Crippen molar-refractivity contribution >= 4 is 12.0 Å². The lowest BCUT2D eigenvalue weighted by Crippen LogP contribution is -2.58. The van der Waals surface area contributed by atoms with E-state index in [1.165, 1.54) is 0 Å². The van der Waals surface area contributed by atoms with Gasteiger partial charge in [-0.2, -0.15) is 0 Å². The molecule has 0 aromatic carbocycles. The van der Waals surface area contributed by atoms with Crippen LogP contribution in [0.3, 0.4) is 0 Å². The number of hydrogen-bond donors (Lipinski definition) is 8. The minimum absolute atomic E-state index is 0.0128. The van der Waals surface area contributed by atoms with E-state index in [1.54, 1.807) is 6.08 Å². The number of nitrogens with two attached hydrogens (primary N) is 5. The predicted molar refractivity (Wildman–Crippen MR) is 104 cm³/mol. The molecule has 0 radical (unpaired) electrons. The molecule has 13 N–H and O–H groups in total. The van der Waals surface area contributed by atoms with Crippen LogP contribution in [-0.4, -0.2) is 83.6 Å². The average molecular weight is 416 g/mol. The van der Waals surface area contributed by atoms with E-state index in [1.807, 2.05) is 0 Å². The number of aliphatic hydroxyl groups excluding tert-OH is 1. The van der Waals surface area contributed by atoms with E-state index in [9.17, 15) is 15.1 Å². The van der Waals surface area contributed by atoms with Gasteiger partial charge in [0.15, 0.2) is 5.96 Å². The van der Waals surface area contributed by atoms with Crippen molar-refractivity contribution in [2.75, 3.05) is 19.6 Å². The molecule has 1 unspecified atom stereocenters. The summed E-state index contributed by atoms with van der Waals surface area (Å²) in [6, 6.07) is -2.27. The van der Waals surface area contributed by atoms with Gasteiger partial charge < -0.3 is 48.6 Å². The van der Waals surface area contributed by atoms with Crippen LogP contribution in [0.1, 0.15) is 19.3 Å². The highest BCUT2D eigenvalue weighted by molar-refractivity contribution is 5.76. The first-order valence-electron chi connectivity index (χ1n) is 9.45. The second kappa shape index (κ2) is 10.6. The van der Waals surface area contributed by atoms with Crippen LogP contribution in [0.15, 0.2) is 16.8 Å².